The Morgan fingerprint density at radius 3 is 2.20 bits per heavy atom. The Balaban J connectivity index is 2.58. The number of rotatable bonds is 4. The van der Waals surface area contributed by atoms with Crippen LogP contribution in [-0.2, 0) is 16.6 Å². The Kier molecular flexibility index (Phi) is 5.07. The van der Waals surface area contributed by atoms with Crippen LogP contribution in [0.2, 0.25) is 0 Å². The third-order valence-electron chi connectivity index (χ3n) is 4.37. The molecule has 2 N–H and O–H groups in total. The normalized spacial score (nSPS) is 11.4. The molecule has 0 aliphatic rings. The first kappa shape index (κ1) is 18.8. The van der Waals surface area contributed by atoms with E-state index in [4.69, 9.17) is 0 Å². The third-order valence-corrected chi connectivity index (χ3v) is 4.37. The predicted octanol–water partition coefficient (Wildman–Crippen LogP) is 5.00. The number of benzene rings is 2. The molecule has 0 aliphatic heterocycles. The second-order valence-electron chi connectivity index (χ2n) is 7.69. The molecule has 0 radical (unpaired) electrons. The Labute approximate surface area is 149 Å². The SMILES string of the molecule is C=C(C(=O)O)c1ccc(C)cc1Cc1cc(C)cc(C(C)(C)C)c1O. The van der Waals surface area contributed by atoms with Gasteiger partial charge in [-0.2, -0.15) is 0 Å². The van der Waals surface area contributed by atoms with E-state index in [0.717, 1.165) is 27.8 Å². The van der Waals surface area contributed by atoms with Crippen LogP contribution in [0.4, 0.5) is 0 Å². The average Bonchev–Trinajstić information content (AvgIpc) is 2.49. The highest BCUT2D eigenvalue weighted by Gasteiger charge is 2.22. The second-order valence-corrected chi connectivity index (χ2v) is 7.69. The van der Waals surface area contributed by atoms with E-state index >= 15 is 0 Å². The van der Waals surface area contributed by atoms with Crippen LogP contribution >= 0.6 is 0 Å². The van der Waals surface area contributed by atoms with Gasteiger partial charge in [-0.25, -0.2) is 4.79 Å². The minimum absolute atomic E-state index is 0.0678. The van der Waals surface area contributed by atoms with Gasteiger partial charge < -0.3 is 10.2 Å². The molecule has 0 bridgehead atoms. The molecular weight excluding hydrogens is 312 g/mol. The summed E-state index contributed by atoms with van der Waals surface area (Å²) in [5.41, 5.74) is 5.17. The van der Waals surface area contributed by atoms with Crippen molar-refractivity contribution in [3.8, 4) is 5.75 Å². The molecule has 132 valence electrons. The zero-order valence-electron chi connectivity index (χ0n) is 15.6. The summed E-state index contributed by atoms with van der Waals surface area (Å²) in [6.45, 7) is 13.9. The predicted molar refractivity (Wildman–Crippen MR) is 102 cm³/mol. The first-order valence-corrected chi connectivity index (χ1v) is 8.35. The molecule has 0 aromatic heterocycles. The fourth-order valence-electron chi connectivity index (χ4n) is 3.04. The van der Waals surface area contributed by atoms with Crippen LogP contribution in [-0.4, -0.2) is 16.2 Å². The van der Waals surface area contributed by atoms with Gasteiger partial charge in [-0.1, -0.05) is 68.8 Å². The van der Waals surface area contributed by atoms with Crippen molar-refractivity contribution in [3.63, 3.8) is 0 Å². The van der Waals surface area contributed by atoms with Gasteiger partial charge in [0.1, 0.15) is 5.75 Å². The van der Waals surface area contributed by atoms with Crippen molar-refractivity contribution in [2.45, 2.75) is 46.5 Å². The van der Waals surface area contributed by atoms with E-state index in [1.165, 1.54) is 0 Å². The average molecular weight is 338 g/mol. The van der Waals surface area contributed by atoms with Crippen molar-refractivity contribution in [1.82, 2.24) is 0 Å². The molecule has 25 heavy (non-hydrogen) atoms. The molecule has 0 amide bonds. The molecule has 0 unspecified atom stereocenters. The van der Waals surface area contributed by atoms with E-state index < -0.39 is 5.97 Å². The zero-order chi connectivity index (χ0) is 18.9. The number of carboxylic acids is 1. The van der Waals surface area contributed by atoms with Gasteiger partial charge in [0.25, 0.3) is 0 Å². The summed E-state index contributed by atoms with van der Waals surface area (Å²) >= 11 is 0. The van der Waals surface area contributed by atoms with Crippen LogP contribution in [0.5, 0.6) is 5.75 Å². The lowest BCUT2D eigenvalue weighted by atomic mass is 9.83. The molecule has 0 spiro atoms. The molecule has 2 aromatic carbocycles. The summed E-state index contributed by atoms with van der Waals surface area (Å²) < 4.78 is 0. The number of hydrogen-bond donors (Lipinski definition) is 2. The summed E-state index contributed by atoms with van der Waals surface area (Å²) in [4.78, 5) is 11.3. The number of aromatic hydroxyl groups is 1. The van der Waals surface area contributed by atoms with Crippen molar-refractivity contribution >= 4 is 11.5 Å². The lowest BCUT2D eigenvalue weighted by Crippen LogP contribution is -2.13. The maximum Gasteiger partial charge on any atom is 0.335 e. The first-order valence-electron chi connectivity index (χ1n) is 8.35. The topological polar surface area (TPSA) is 57.5 Å². The summed E-state index contributed by atoms with van der Waals surface area (Å²) in [6, 6.07) is 9.59. The highest BCUT2D eigenvalue weighted by Crippen LogP contribution is 2.36. The van der Waals surface area contributed by atoms with Gasteiger partial charge in [0, 0.05) is 6.42 Å². The van der Waals surface area contributed by atoms with Gasteiger partial charge >= 0.3 is 5.97 Å². The van der Waals surface area contributed by atoms with E-state index in [0.29, 0.717) is 12.0 Å². The Hall–Kier alpha value is -2.55. The number of carboxylic acid groups (broad SMARTS) is 1. The highest BCUT2D eigenvalue weighted by molar-refractivity contribution is 6.14. The number of phenolic OH excluding ortho intramolecular Hbond substituents is 1. The molecule has 0 aliphatic carbocycles. The lowest BCUT2D eigenvalue weighted by Gasteiger charge is -2.23. The Bertz CT molecular complexity index is 839. The van der Waals surface area contributed by atoms with E-state index in [2.05, 4.69) is 27.4 Å². The number of carbonyl (C=O) groups is 1. The van der Waals surface area contributed by atoms with Crippen LogP contribution in [0.25, 0.3) is 5.57 Å². The Morgan fingerprint density at radius 1 is 1.04 bits per heavy atom. The maximum atomic E-state index is 11.3. The summed E-state index contributed by atoms with van der Waals surface area (Å²) in [5, 5.41) is 20.1. The van der Waals surface area contributed by atoms with Crippen LogP contribution in [0.15, 0.2) is 36.9 Å². The largest absolute Gasteiger partial charge is 0.507 e. The zero-order valence-corrected chi connectivity index (χ0v) is 15.6. The summed E-state index contributed by atoms with van der Waals surface area (Å²) in [5.74, 6) is -0.750. The molecule has 0 saturated carbocycles. The monoisotopic (exact) mass is 338 g/mol. The fraction of sp³-hybridized carbons (Fsp3) is 0.318. The van der Waals surface area contributed by atoms with Crippen LogP contribution < -0.4 is 0 Å². The van der Waals surface area contributed by atoms with Crippen LogP contribution in [0, 0.1) is 13.8 Å². The first-order chi connectivity index (χ1) is 11.5. The fourth-order valence-corrected chi connectivity index (χ4v) is 3.04. The van der Waals surface area contributed by atoms with E-state index in [1.54, 1.807) is 6.07 Å². The van der Waals surface area contributed by atoms with Gasteiger partial charge in [-0.05, 0) is 41.5 Å². The third kappa shape index (κ3) is 4.11. The molecule has 0 heterocycles. The second kappa shape index (κ2) is 6.75. The molecule has 3 nitrogen and oxygen atoms in total. The van der Waals surface area contributed by atoms with Gasteiger partial charge in [-0.3, -0.25) is 0 Å². The van der Waals surface area contributed by atoms with Gasteiger partial charge in [0.05, 0.1) is 5.57 Å². The number of phenols is 1. The van der Waals surface area contributed by atoms with E-state index in [1.807, 2.05) is 38.1 Å². The minimum atomic E-state index is -1.03. The quantitative estimate of drug-likeness (QED) is 0.772. The molecule has 2 rings (SSSR count). The van der Waals surface area contributed by atoms with Gasteiger partial charge in [-0.15, -0.1) is 0 Å². The van der Waals surface area contributed by atoms with Crippen molar-refractivity contribution in [1.29, 1.82) is 0 Å². The van der Waals surface area contributed by atoms with Gasteiger partial charge in [0.15, 0.2) is 0 Å². The molecule has 0 fully saturated rings. The summed E-state index contributed by atoms with van der Waals surface area (Å²) in [6.07, 6.45) is 0.458. The lowest BCUT2D eigenvalue weighted by molar-refractivity contribution is -0.130. The highest BCUT2D eigenvalue weighted by atomic mass is 16.4. The number of hydrogen-bond acceptors (Lipinski definition) is 2. The van der Waals surface area contributed by atoms with Crippen LogP contribution in [0.3, 0.4) is 0 Å². The molecule has 0 atom stereocenters. The molecule has 2 aromatic rings. The smallest absolute Gasteiger partial charge is 0.335 e. The van der Waals surface area contributed by atoms with Crippen molar-refractivity contribution in [3.05, 3.63) is 70.3 Å². The van der Waals surface area contributed by atoms with Crippen molar-refractivity contribution in [2.24, 2.45) is 0 Å². The van der Waals surface area contributed by atoms with E-state index in [-0.39, 0.29) is 16.7 Å². The van der Waals surface area contributed by atoms with E-state index in [9.17, 15) is 15.0 Å². The van der Waals surface area contributed by atoms with Crippen molar-refractivity contribution in [2.75, 3.05) is 0 Å². The molecular formula is C22H26O3. The minimum Gasteiger partial charge on any atom is -0.507 e. The molecule has 0 saturated heterocycles. The standard InChI is InChI=1S/C22H26O3/c1-13-7-8-18(15(3)21(24)25)16(9-13)12-17-10-14(2)11-19(20(17)23)22(4,5)6/h7-11,23H,3,12H2,1-2,4-6H3,(H,24,25). The maximum absolute atomic E-state index is 11.3. The van der Waals surface area contributed by atoms with Crippen molar-refractivity contribution < 1.29 is 15.0 Å². The molecule has 3 heteroatoms. The Morgan fingerprint density at radius 2 is 1.64 bits per heavy atom. The number of aliphatic carboxylic acids is 1. The summed E-state index contributed by atoms with van der Waals surface area (Å²) in [7, 11) is 0. The van der Waals surface area contributed by atoms with Crippen LogP contribution in [0.1, 0.15) is 54.2 Å². The number of aryl methyl sites for hydroxylation is 2. The van der Waals surface area contributed by atoms with Gasteiger partial charge in [0.2, 0.25) is 0 Å².